The highest BCUT2D eigenvalue weighted by molar-refractivity contribution is 5.55. The molecule has 112 valence electrons. The third-order valence-corrected chi connectivity index (χ3v) is 4.20. The lowest BCUT2D eigenvalue weighted by atomic mass is 9.97. The number of rotatable bonds is 4. The molecule has 0 saturated heterocycles. The lowest BCUT2D eigenvalue weighted by molar-refractivity contribution is 0.451. The highest BCUT2D eigenvalue weighted by atomic mass is 16.3. The first-order valence-corrected chi connectivity index (χ1v) is 7.58. The summed E-state index contributed by atoms with van der Waals surface area (Å²) in [6, 6.07) is 5.89. The molecule has 1 atom stereocenters. The van der Waals surface area contributed by atoms with Crippen LogP contribution in [0.25, 0.3) is 0 Å². The largest absolute Gasteiger partial charge is 0.508 e. The molecule has 21 heavy (non-hydrogen) atoms. The molecule has 1 unspecified atom stereocenters. The monoisotopic (exact) mass is 286 g/mol. The number of H-pyrrole nitrogens is 1. The molecule has 5 heteroatoms. The molecule has 2 heterocycles. The summed E-state index contributed by atoms with van der Waals surface area (Å²) >= 11 is 0. The second-order valence-electron chi connectivity index (χ2n) is 5.32. The van der Waals surface area contributed by atoms with Gasteiger partial charge in [-0.1, -0.05) is 6.07 Å². The van der Waals surface area contributed by atoms with Crippen LogP contribution in [0.5, 0.6) is 5.75 Å². The van der Waals surface area contributed by atoms with Crippen LogP contribution in [0.1, 0.15) is 36.8 Å². The molecule has 1 aromatic carbocycles. The van der Waals surface area contributed by atoms with Gasteiger partial charge in [0.2, 0.25) is 0 Å². The third kappa shape index (κ3) is 2.49. The fraction of sp³-hybridized carbons (Fsp3) is 0.438. The van der Waals surface area contributed by atoms with E-state index in [0.717, 1.165) is 48.7 Å². The fourth-order valence-corrected chi connectivity index (χ4v) is 3.04. The van der Waals surface area contributed by atoms with E-state index in [0.29, 0.717) is 5.75 Å². The maximum Gasteiger partial charge on any atom is 0.122 e. The summed E-state index contributed by atoms with van der Waals surface area (Å²) in [7, 11) is 0. The summed E-state index contributed by atoms with van der Waals surface area (Å²) in [5, 5.41) is 13.9. The highest BCUT2D eigenvalue weighted by Crippen LogP contribution is 2.34. The Morgan fingerprint density at radius 2 is 2.14 bits per heavy atom. The van der Waals surface area contributed by atoms with Gasteiger partial charge in [-0.3, -0.25) is 0 Å². The smallest absolute Gasteiger partial charge is 0.122 e. The van der Waals surface area contributed by atoms with Gasteiger partial charge in [0.05, 0.1) is 18.1 Å². The number of phenolic OH excluding ortho intramolecular Hbond substituents is 1. The van der Waals surface area contributed by atoms with Gasteiger partial charge < -0.3 is 20.3 Å². The Labute approximate surface area is 125 Å². The molecule has 0 aliphatic carbocycles. The summed E-state index contributed by atoms with van der Waals surface area (Å²) in [5.74, 6) is 0.327. The lowest BCUT2D eigenvalue weighted by Crippen LogP contribution is -2.30. The van der Waals surface area contributed by atoms with Crippen LogP contribution in [0, 0.1) is 0 Å². The van der Waals surface area contributed by atoms with E-state index in [1.54, 1.807) is 6.33 Å². The van der Waals surface area contributed by atoms with E-state index in [1.165, 1.54) is 0 Å². The van der Waals surface area contributed by atoms with Crippen molar-refractivity contribution in [2.45, 2.75) is 26.3 Å². The molecular formula is C16H22N4O. The maximum atomic E-state index is 10.4. The van der Waals surface area contributed by atoms with Gasteiger partial charge in [-0.2, -0.15) is 0 Å². The molecule has 0 spiro atoms. The first-order valence-electron chi connectivity index (χ1n) is 7.58. The Bertz CT molecular complexity index is 618. The number of fused-ring (bicyclic) bond motifs is 1. The Morgan fingerprint density at radius 3 is 2.86 bits per heavy atom. The molecular weight excluding hydrogens is 264 g/mol. The van der Waals surface area contributed by atoms with Crippen LogP contribution in [-0.4, -0.2) is 34.7 Å². The predicted molar refractivity (Wildman–Crippen MR) is 83.8 cm³/mol. The number of aromatic amines is 1. The first-order chi connectivity index (χ1) is 10.2. The molecule has 0 fully saturated rings. The van der Waals surface area contributed by atoms with Crippen LogP contribution in [0.2, 0.25) is 0 Å². The van der Waals surface area contributed by atoms with E-state index < -0.39 is 0 Å². The Hall–Kier alpha value is -2.01. The zero-order valence-corrected chi connectivity index (χ0v) is 12.6. The number of nitrogens with zero attached hydrogens (tertiary/aromatic N) is 2. The Balaban J connectivity index is 1.94. The fourth-order valence-electron chi connectivity index (χ4n) is 3.04. The molecule has 2 aromatic rings. The van der Waals surface area contributed by atoms with Crippen molar-refractivity contribution in [3.8, 4) is 5.75 Å². The number of hydrogen-bond donors (Lipinski definition) is 3. The van der Waals surface area contributed by atoms with Crippen LogP contribution in [0.4, 0.5) is 5.69 Å². The van der Waals surface area contributed by atoms with Crippen molar-refractivity contribution < 1.29 is 5.11 Å². The van der Waals surface area contributed by atoms with Gasteiger partial charge in [-0.15, -0.1) is 0 Å². The van der Waals surface area contributed by atoms with Gasteiger partial charge in [-0.25, -0.2) is 4.98 Å². The summed E-state index contributed by atoms with van der Waals surface area (Å²) in [6.07, 6.45) is 2.68. The second kappa shape index (κ2) is 5.77. The van der Waals surface area contributed by atoms with Crippen LogP contribution < -0.4 is 10.2 Å². The topological polar surface area (TPSA) is 64.2 Å². The van der Waals surface area contributed by atoms with Gasteiger partial charge >= 0.3 is 0 Å². The molecule has 0 amide bonds. The van der Waals surface area contributed by atoms with Crippen LogP contribution in [0.3, 0.4) is 0 Å². The zero-order valence-electron chi connectivity index (χ0n) is 12.6. The average Bonchev–Trinajstić information content (AvgIpc) is 2.97. The van der Waals surface area contributed by atoms with Crippen molar-refractivity contribution in [2.24, 2.45) is 0 Å². The number of anilines is 1. The highest BCUT2D eigenvalue weighted by Gasteiger charge is 2.26. The van der Waals surface area contributed by atoms with E-state index in [1.807, 2.05) is 12.1 Å². The van der Waals surface area contributed by atoms with Crippen molar-refractivity contribution in [1.82, 2.24) is 15.3 Å². The van der Waals surface area contributed by atoms with Gasteiger partial charge in [0.25, 0.3) is 0 Å². The van der Waals surface area contributed by atoms with E-state index >= 15 is 0 Å². The number of aromatic hydroxyl groups is 1. The molecule has 0 saturated carbocycles. The molecule has 1 aliphatic rings. The maximum absolute atomic E-state index is 10.4. The van der Waals surface area contributed by atoms with Crippen molar-refractivity contribution >= 4 is 5.69 Å². The van der Waals surface area contributed by atoms with Crippen molar-refractivity contribution in [3.63, 3.8) is 0 Å². The van der Waals surface area contributed by atoms with Crippen molar-refractivity contribution in [1.29, 1.82) is 0 Å². The molecule has 5 nitrogen and oxygen atoms in total. The van der Waals surface area contributed by atoms with Gasteiger partial charge in [0.1, 0.15) is 5.75 Å². The van der Waals surface area contributed by atoms with Gasteiger partial charge in [0.15, 0.2) is 0 Å². The summed E-state index contributed by atoms with van der Waals surface area (Å²) in [6.45, 7) is 6.98. The SMILES string of the molecule is CCN(CC)c1ccc(C2NCCc3[nH]cnc32)c(O)c1. The van der Waals surface area contributed by atoms with Crippen LogP contribution >= 0.6 is 0 Å². The van der Waals surface area contributed by atoms with Crippen LogP contribution in [0.15, 0.2) is 24.5 Å². The number of nitrogens with one attached hydrogen (secondary N) is 2. The number of hydrogen-bond acceptors (Lipinski definition) is 4. The number of benzene rings is 1. The third-order valence-electron chi connectivity index (χ3n) is 4.20. The molecule has 3 N–H and O–H groups in total. The predicted octanol–water partition coefficient (Wildman–Crippen LogP) is 2.20. The number of phenols is 1. The van der Waals surface area contributed by atoms with Crippen molar-refractivity contribution in [3.05, 3.63) is 41.5 Å². The molecule has 0 radical (unpaired) electrons. The van der Waals surface area contributed by atoms with Crippen LogP contribution in [-0.2, 0) is 6.42 Å². The van der Waals surface area contributed by atoms with E-state index in [4.69, 9.17) is 0 Å². The minimum Gasteiger partial charge on any atom is -0.508 e. The number of imidazole rings is 1. The van der Waals surface area contributed by atoms with E-state index in [2.05, 4.69) is 40.1 Å². The normalized spacial score (nSPS) is 17.5. The molecule has 0 bridgehead atoms. The summed E-state index contributed by atoms with van der Waals surface area (Å²) in [4.78, 5) is 9.81. The van der Waals surface area contributed by atoms with Gasteiger partial charge in [0, 0.05) is 49.1 Å². The second-order valence-corrected chi connectivity index (χ2v) is 5.32. The van der Waals surface area contributed by atoms with E-state index in [9.17, 15) is 5.11 Å². The summed E-state index contributed by atoms with van der Waals surface area (Å²) in [5.41, 5.74) is 4.09. The van der Waals surface area contributed by atoms with E-state index in [-0.39, 0.29) is 6.04 Å². The Morgan fingerprint density at radius 1 is 1.33 bits per heavy atom. The average molecular weight is 286 g/mol. The number of aromatic nitrogens is 2. The summed E-state index contributed by atoms with van der Waals surface area (Å²) < 4.78 is 0. The lowest BCUT2D eigenvalue weighted by Gasteiger charge is -2.26. The molecule has 1 aromatic heterocycles. The first kappa shape index (κ1) is 13.9. The Kier molecular flexibility index (Phi) is 3.84. The molecule has 3 rings (SSSR count). The van der Waals surface area contributed by atoms with Crippen molar-refractivity contribution in [2.75, 3.05) is 24.5 Å². The standard InChI is InChI=1S/C16H22N4O/c1-3-20(4-2)11-5-6-12(14(21)9-11)15-16-13(7-8-17-15)18-10-19-16/h5-6,9-10,15,17,21H,3-4,7-8H2,1-2H3,(H,18,19). The zero-order chi connectivity index (χ0) is 14.8. The minimum atomic E-state index is -0.0363. The molecule has 1 aliphatic heterocycles. The minimum absolute atomic E-state index is 0.0363. The van der Waals surface area contributed by atoms with Gasteiger partial charge in [-0.05, 0) is 19.9 Å². The quantitative estimate of drug-likeness (QED) is 0.806.